The second kappa shape index (κ2) is 7.84. The molecule has 1 heterocycles. The lowest BCUT2D eigenvalue weighted by Crippen LogP contribution is -2.38. The van der Waals surface area contributed by atoms with Gasteiger partial charge in [-0.25, -0.2) is 4.79 Å². The lowest BCUT2D eigenvalue weighted by atomic mass is 10.1. The lowest BCUT2D eigenvalue weighted by molar-refractivity contribution is -0.148. The van der Waals surface area contributed by atoms with E-state index in [2.05, 4.69) is 0 Å². The third-order valence-electron chi connectivity index (χ3n) is 3.33. The second-order valence-electron chi connectivity index (χ2n) is 4.93. The van der Waals surface area contributed by atoms with Crippen LogP contribution in [0.25, 0.3) is 6.08 Å². The number of carbonyl (C=O) groups excluding carboxylic acids is 2. The van der Waals surface area contributed by atoms with Crippen LogP contribution in [0.3, 0.4) is 0 Å². The van der Waals surface area contributed by atoms with Crippen molar-refractivity contribution in [2.24, 2.45) is 0 Å². The predicted octanol–water partition coefficient (Wildman–Crippen LogP) is 2.91. The predicted molar refractivity (Wildman–Crippen MR) is 81.9 cm³/mol. The molecule has 0 bridgehead atoms. The highest BCUT2D eigenvalue weighted by molar-refractivity contribution is 6.30. The number of likely N-dealkylation sites (tertiary alicyclic amines) is 1. The molecule has 0 aliphatic carbocycles. The Bertz CT molecular complexity index is 519. The van der Waals surface area contributed by atoms with Gasteiger partial charge in [0.25, 0.3) is 5.91 Å². The first kappa shape index (κ1) is 15.6. The number of halogens is 1. The topological polar surface area (TPSA) is 46.6 Å². The summed E-state index contributed by atoms with van der Waals surface area (Å²) in [6.07, 6.45) is 6.15. The van der Waals surface area contributed by atoms with Gasteiger partial charge in [0.15, 0.2) is 6.61 Å². The minimum absolute atomic E-state index is 0.122. The van der Waals surface area contributed by atoms with E-state index in [9.17, 15) is 9.59 Å². The number of carbonyl (C=O) groups is 2. The molecule has 0 aromatic heterocycles. The fraction of sp³-hybridized carbons (Fsp3) is 0.375. The standard InChI is InChI=1S/C16H18ClNO3/c17-14-7-4-13(5-8-14)6-9-16(20)21-12-15(19)18-10-2-1-3-11-18/h4-9H,1-3,10-12H2. The fourth-order valence-corrected chi connectivity index (χ4v) is 2.28. The van der Waals surface area contributed by atoms with Crippen LogP contribution in [0.5, 0.6) is 0 Å². The van der Waals surface area contributed by atoms with Gasteiger partial charge in [0.2, 0.25) is 0 Å². The summed E-state index contributed by atoms with van der Waals surface area (Å²) in [7, 11) is 0. The number of rotatable bonds is 4. The van der Waals surface area contributed by atoms with E-state index >= 15 is 0 Å². The molecule has 1 saturated heterocycles. The van der Waals surface area contributed by atoms with Gasteiger partial charge in [-0.05, 0) is 43.0 Å². The molecule has 2 rings (SSSR count). The largest absolute Gasteiger partial charge is 0.452 e. The van der Waals surface area contributed by atoms with Crippen LogP contribution in [0.2, 0.25) is 5.02 Å². The molecule has 21 heavy (non-hydrogen) atoms. The van der Waals surface area contributed by atoms with Gasteiger partial charge in [-0.2, -0.15) is 0 Å². The molecule has 0 saturated carbocycles. The van der Waals surface area contributed by atoms with E-state index in [0.717, 1.165) is 37.9 Å². The number of esters is 1. The molecule has 0 unspecified atom stereocenters. The molecular formula is C16H18ClNO3. The van der Waals surface area contributed by atoms with Crippen molar-refractivity contribution >= 4 is 29.6 Å². The molecule has 5 heteroatoms. The minimum atomic E-state index is -0.518. The van der Waals surface area contributed by atoms with Gasteiger partial charge in [0.1, 0.15) is 0 Å². The zero-order valence-electron chi connectivity index (χ0n) is 11.8. The highest BCUT2D eigenvalue weighted by Crippen LogP contribution is 2.11. The van der Waals surface area contributed by atoms with Crippen LogP contribution in [0.4, 0.5) is 0 Å². The SMILES string of the molecule is O=C(C=Cc1ccc(Cl)cc1)OCC(=O)N1CCCCC1. The zero-order valence-corrected chi connectivity index (χ0v) is 12.5. The Labute approximate surface area is 129 Å². The van der Waals surface area contributed by atoms with E-state index in [1.165, 1.54) is 6.08 Å². The maximum absolute atomic E-state index is 11.8. The highest BCUT2D eigenvalue weighted by Gasteiger charge is 2.17. The average Bonchev–Trinajstić information content (AvgIpc) is 2.53. The van der Waals surface area contributed by atoms with Gasteiger partial charge in [0, 0.05) is 24.2 Å². The van der Waals surface area contributed by atoms with Crippen molar-refractivity contribution in [3.05, 3.63) is 40.9 Å². The Morgan fingerprint density at radius 3 is 2.48 bits per heavy atom. The first-order valence-electron chi connectivity index (χ1n) is 7.03. The summed E-state index contributed by atoms with van der Waals surface area (Å²) in [6, 6.07) is 7.08. The Morgan fingerprint density at radius 2 is 1.81 bits per heavy atom. The monoisotopic (exact) mass is 307 g/mol. The fourth-order valence-electron chi connectivity index (χ4n) is 2.15. The van der Waals surface area contributed by atoms with Crippen molar-refractivity contribution in [2.75, 3.05) is 19.7 Å². The van der Waals surface area contributed by atoms with Crippen LogP contribution < -0.4 is 0 Å². The third kappa shape index (κ3) is 5.23. The Kier molecular flexibility index (Phi) is 5.81. The maximum atomic E-state index is 11.8. The summed E-state index contributed by atoms with van der Waals surface area (Å²) in [5.74, 6) is -0.641. The molecule has 0 radical (unpaired) electrons. The molecular weight excluding hydrogens is 290 g/mol. The highest BCUT2D eigenvalue weighted by atomic mass is 35.5. The van der Waals surface area contributed by atoms with Gasteiger partial charge in [0.05, 0.1) is 0 Å². The first-order valence-corrected chi connectivity index (χ1v) is 7.41. The third-order valence-corrected chi connectivity index (χ3v) is 3.58. The van der Waals surface area contributed by atoms with Crippen molar-refractivity contribution in [1.29, 1.82) is 0 Å². The average molecular weight is 308 g/mol. The summed E-state index contributed by atoms with van der Waals surface area (Å²) < 4.78 is 4.96. The smallest absolute Gasteiger partial charge is 0.331 e. The minimum Gasteiger partial charge on any atom is -0.452 e. The second-order valence-corrected chi connectivity index (χ2v) is 5.37. The number of benzene rings is 1. The number of ether oxygens (including phenoxy) is 1. The van der Waals surface area contributed by atoms with Crippen molar-refractivity contribution in [3.63, 3.8) is 0 Å². The number of hydrogen-bond donors (Lipinski definition) is 0. The molecule has 1 aromatic rings. The van der Waals surface area contributed by atoms with Gasteiger partial charge in [-0.1, -0.05) is 23.7 Å². The van der Waals surface area contributed by atoms with E-state index in [1.54, 1.807) is 35.2 Å². The summed E-state index contributed by atoms with van der Waals surface area (Å²) in [4.78, 5) is 25.1. The molecule has 4 nitrogen and oxygen atoms in total. The number of nitrogens with zero attached hydrogens (tertiary/aromatic N) is 1. The molecule has 1 amide bonds. The van der Waals surface area contributed by atoms with Crippen LogP contribution >= 0.6 is 11.6 Å². The molecule has 112 valence electrons. The summed E-state index contributed by atoms with van der Waals surface area (Å²) in [6.45, 7) is 1.33. The van der Waals surface area contributed by atoms with Crippen LogP contribution in [0.1, 0.15) is 24.8 Å². The zero-order chi connectivity index (χ0) is 15.1. The maximum Gasteiger partial charge on any atom is 0.331 e. The molecule has 1 aliphatic rings. The van der Waals surface area contributed by atoms with Gasteiger partial charge in [-0.15, -0.1) is 0 Å². The van der Waals surface area contributed by atoms with E-state index in [4.69, 9.17) is 16.3 Å². The number of piperidine rings is 1. The van der Waals surface area contributed by atoms with Gasteiger partial charge >= 0.3 is 5.97 Å². The number of amides is 1. The summed E-state index contributed by atoms with van der Waals surface area (Å²) in [5, 5.41) is 0.641. The van der Waals surface area contributed by atoms with Crippen LogP contribution in [0.15, 0.2) is 30.3 Å². The van der Waals surface area contributed by atoms with Crippen molar-refractivity contribution in [2.45, 2.75) is 19.3 Å². The summed E-state index contributed by atoms with van der Waals surface area (Å²) in [5.41, 5.74) is 0.846. The lowest BCUT2D eigenvalue weighted by Gasteiger charge is -2.26. The Morgan fingerprint density at radius 1 is 1.14 bits per heavy atom. The van der Waals surface area contributed by atoms with E-state index in [0.29, 0.717) is 5.02 Å². The van der Waals surface area contributed by atoms with Crippen molar-refractivity contribution in [3.8, 4) is 0 Å². The van der Waals surface area contributed by atoms with Gasteiger partial charge in [-0.3, -0.25) is 4.79 Å². The summed E-state index contributed by atoms with van der Waals surface area (Å²) >= 11 is 5.77. The van der Waals surface area contributed by atoms with Gasteiger partial charge < -0.3 is 9.64 Å². The van der Waals surface area contributed by atoms with E-state index in [-0.39, 0.29) is 12.5 Å². The van der Waals surface area contributed by atoms with Crippen LogP contribution in [-0.4, -0.2) is 36.5 Å². The van der Waals surface area contributed by atoms with Crippen LogP contribution in [-0.2, 0) is 14.3 Å². The van der Waals surface area contributed by atoms with Crippen molar-refractivity contribution in [1.82, 2.24) is 4.90 Å². The van der Waals surface area contributed by atoms with E-state index < -0.39 is 5.97 Å². The molecule has 0 N–H and O–H groups in total. The number of hydrogen-bond acceptors (Lipinski definition) is 3. The molecule has 1 aliphatic heterocycles. The quantitative estimate of drug-likeness (QED) is 0.635. The van der Waals surface area contributed by atoms with E-state index in [1.807, 2.05) is 0 Å². The molecule has 0 spiro atoms. The van der Waals surface area contributed by atoms with Crippen LogP contribution in [0, 0.1) is 0 Å². The van der Waals surface area contributed by atoms with Crippen molar-refractivity contribution < 1.29 is 14.3 Å². The Hall–Kier alpha value is -1.81. The molecule has 1 fully saturated rings. The molecule has 1 aromatic carbocycles. The normalized spacial score (nSPS) is 15.2. The first-order chi connectivity index (χ1) is 10.1. The molecule has 0 atom stereocenters. The Balaban J connectivity index is 1.76.